The molecule has 21 heavy (non-hydrogen) atoms. The Labute approximate surface area is 126 Å². The van der Waals surface area contributed by atoms with Gasteiger partial charge >= 0.3 is 0 Å². The van der Waals surface area contributed by atoms with E-state index < -0.39 is 12.1 Å². The summed E-state index contributed by atoms with van der Waals surface area (Å²) in [4.78, 5) is 0. The maximum Gasteiger partial charge on any atom is 0.124 e. The summed E-state index contributed by atoms with van der Waals surface area (Å²) in [6.07, 6.45) is -0.650. The van der Waals surface area contributed by atoms with Gasteiger partial charge in [0.25, 0.3) is 0 Å². The quantitative estimate of drug-likeness (QED) is 0.902. The SMILES string of the molecule is CCOc1ccc2ccccc2c1[C@@H](N)[C@@H](O)C(C)(C)C. The first-order valence-corrected chi connectivity index (χ1v) is 7.44. The number of nitrogens with two attached hydrogens (primary N) is 1. The molecule has 0 bridgehead atoms. The Morgan fingerprint density at radius 1 is 1.14 bits per heavy atom. The predicted molar refractivity (Wildman–Crippen MR) is 87.5 cm³/mol. The molecule has 2 atom stereocenters. The van der Waals surface area contributed by atoms with Crippen LogP contribution in [0.25, 0.3) is 10.8 Å². The van der Waals surface area contributed by atoms with Gasteiger partial charge in [-0.25, -0.2) is 0 Å². The van der Waals surface area contributed by atoms with E-state index in [1.807, 2.05) is 64.1 Å². The van der Waals surface area contributed by atoms with E-state index in [0.717, 1.165) is 22.1 Å². The number of aliphatic hydroxyl groups is 1. The van der Waals surface area contributed by atoms with Crippen LogP contribution in [0.2, 0.25) is 0 Å². The van der Waals surface area contributed by atoms with Gasteiger partial charge in [-0.3, -0.25) is 0 Å². The fraction of sp³-hybridized carbons (Fsp3) is 0.444. The average Bonchev–Trinajstić information content (AvgIpc) is 2.45. The van der Waals surface area contributed by atoms with E-state index >= 15 is 0 Å². The van der Waals surface area contributed by atoms with Crippen LogP contribution in [0.1, 0.15) is 39.3 Å². The van der Waals surface area contributed by atoms with Crippen molar-refractivity contribution in [1.29, 1.82) is 0 Å². The predicted octanol–water partition coefficient (Wildman–Crippen LogP) is 3.65. The third-order valence-corrected chi connectivity index (χ3v) is 3.79. The molecule has 0 fully saturated rings. The molecule has 2 aromatic carbocycles. The highest BCUT2D eigenvalue weighted by Gasteiger charge is 2.31. The van der Waals surface area contributed by atoms with Crippen molar-refractivity contribution in [3.05, 3.63) is 42.0 Å². The Hall–Kier alpha value is -1.58. The lowest BCUT2D eigenvalue weighted by atomic mass is 9.81. The summed E-state index contributed by atoms with van der Waals surface area (Å²) in [7, 11) is 0. The minimum absolute atomic E-state index is 0.292. The van der Waals surface area contributed by atoms with Crippen LogP contribution in [-0.4, -0.2) is 17.8 Å². The lowest BCUT2D eigenvalue weighted by molar-refractivity contribution is 0.0397. The van der Waals surface area contributed by atoms with Crippen molar-refractivity contribution in [2.24, 2.45) is 11.1 Å². The third-order valence-electron chi connectivity index (χ3n) is 3.79. The van der Waals surface area contributed by atoms with Crippen LogP contribution in [0, 0.1) is 5.41 Å². The standard InChI is InChI=1S/C18H25NO2/c1-5-21-14-11-10-12-8-6-7-9-13(12)15(14)16(19)17(20)18(2,3)4/h6-11,16-17,20H,5,19H2,1-4H3/t16-,17-/m1/s1. The fourth-order valence-electron chi connectivity index (χ4n) is 2.60. The molecule has 114 valence electrons. The van der Waals surface area contributed by atoms with E-state index in [4.69, 9.17) is 10.5 Å². The average molecular weight is 287 g/mol. The Balaban J connectivity index is 2.61. The molecule has 0 saturated carbocycles. The molecule has 0 unspecified atom stereocenters. The number of aliphatic hydroxyl groups excluding tert-OH is 1. The summed E-state index contributed by atoms with van der Waals surface area (Å²) in [6.45, 7) is 8.49. The summed E-state index contributed by atoms with van der Waals surface area (Å²) in [5.74, 6) is 0.756. The van der Waals surface area contributed by atoms with Crippen molar-refractivity contribution >= 4 is 10.8 Å². The van der Waals surface area contributed by atoms with Gasteiger partial charge in [0.15, 0.2) is 0 Å². The molecule has 0 spiro atoms. The van der Waals surface area contributed by atoms with Crippen LogP contribution < -0.4 is 10.5 Å². The molecule has 0 heterocycles. The van der Waals surface area contributed by atoms with E-state index in [0.29, 0.717) is 6.61 Å². The van der Waals surface area contributed by atoms with E-state index in [1.54, 1.807) is 0 Å². The van der Waals surface area contributed by atoms with Gasteiger partial charge in [-0.05, 0) is 29.2 Å². The van der Waals surface area contributed by atoms with Gasteiger partial charge in [-0.15, -0.1) is 0 Å². The zero-order chi connectivity index (χ0) is 15.6. The maximum absolute atomic E-state index is 10.6. The summed E-state index contributed by atoms with van der Waals surface area (Å²) in [5, 5.41) is 12.7. The van der Waals surface area contributed by atoms with E-state index in [9.17, 15) is 5.11 Å². The van der Waals surface area contributed by atoms with Crippen LogP contribution in [0.15, 0.2) is 36.4 Å². The Bertz CT molecular complexity index is 616. The minimum Gasteiger partial charge on any atom is -0.494 e. The highest BCUT2D eigenvalue weighted by Crippen LogP contribution is 2.37. The van der Waals surface area contributed by atoms with Crippen LogP contribution >= 0.6 is 0 Å². The third kappa shape index (κ3) is 3.20. The molecular weight excluding hydrogens is 262 g/mol. The first-order chi connectivity index (χ1) is 9.86. The largest absolute Gasteiger partial charge is 0.494 e. The van der Waals surface area contributed by atoms with Crippen LogP contribution in [0.5, 0.6) is 5.75 Å². The molecule has 2 aromatic rings. The molecule has 0 radical (unpaired) electrons. The lowest BCUT2D eigenvalue weighted by Gasteiger charge is -2.32. The number of benzene rings is 2. The van der Waals surface area contributed by atoms with E-state index in [-0.39, 0.29) is 5.41 Å². The van der Waals surface area contributed by atoms with E-state index in [2.05, 4.69) is 0 Å². The van der Waals surface area contributed by atoms with Crippen LogP contribution in [0.3, 0.4) is 0 Å². The molecule has 3 nitrogen and oxygen atoms in total. The molecule has 0 saturated heterocycles. The normalized spacial score (nSPS) is 15.0. The van der Waals surface area contributed by atoms with Crippen molar-refractivity contribution in [2.75, 3.05) is 6.61 Å². The van der Waals surface area contributed by atoms with Gasteiger partial charge in [0, 0.05) is 5.56 Å². The Morgan fingerprint density at radius 3 is 2.43 bits per heavy atom. The second kappa shape index (κ2) is 6.04. The van der Waals surface area contributed by atoms with Crippen molar-refractivity contribution in [1.82, 2.24) is 0 Å². The molecule has 3 heteroatoms. The summed E-state index contributed by atoms with van der Waals surface area (Å²) < 4.78 is 5.74. The topological polar surface area (TPSA) is 55.5 Å². The van der Waals surface area contributed by atoms with E-state index in [1.165, 1.54) is 0 Å². The van der Waals surface area contributed by atoms with Crippen molar-refractivity contribution in [2.45, 2.75) is 39.8 Å². The van der Waals surface area contributed by atoms with Crippen LogP contribution in [-0.2, 0) is 0 Å². The number of fused-ring (bicyclic) bond motifs is 1. The molecular formula is C18H25NO2. The Kier molecular flexibility index (Phi) is 4.55. The van der Waals surface area contributed by atoms with Crippen LogP contribution in [0.4, 0.5) is 0 Å². The maximum atomic E-state index is 10.6. The van der Waals surface area contributed by atoms with Gasteiger partial charge in [0.1, 0.15) is 5.75 Å². The molecule has 0 aliphatic heterocycles. The minimum atomic E-state index is -0.650. The van der Waals surface area contributed by atoms with Gasteiger partial charge in [0.05, 0.1) is 18.8 Å². The van der Waals surface area contributed by atoms with Gasteiger partial charge in [-0.2, -0.15) is 0 Å². The number of hydrogen-bond donors (Lipinski definition) is 2. The highest BCUT2D eigenvalue weighted by atomic mass is 16.5. The zero-order valence-corrected chi connectivity index (χ0v) is 13.3. The second-order valence-electron chi connectivity index (χ2n) is 6.47. The highest BCUT2D eigenvalue weighted by molar-refractivity contribution is 5.88. The Morgan fingerprint density at radius 2 is 1.81 bits per heavy atom. The molecule has 0 aliphatic rings. The van der Waals surface area contributed by atoms with Gasteiger partial charge < -0.3 is 15.6 Å². The molecule has 2 rings (SSSR count). The smallest absolute Gasteiger partial charge is 0.124 e. The first kappa shape index (κ1) is 15.8. The van der Waals surface area contributed by atoms with Gasteiger partial charge in [0.2, 0.25) is 0 Å². The molecule has 0 amide bonds. The fourth-order valence-corrected chi connectivity index (χ4v) is 2.60. The van der Waals surface area contributed by atoms with Crippen molar-refractivity contribution < 1.29 is 9.84 Å². The number of hydrogen-bond acceptors (Lipinski definition) is 3. The molecule has 0 aromatic heterocycles. The van der Waals surface area contributed by atoms with Crippen molar-refractivity contribution in [3.63, 3.8) is 0 Å². The van der Waals surface area contributed by atoms with Gasteiger partial charge in [-0.1, -0.05) is 51.1 Å². The first-order valence-electron chi connectivity index (χ1n) is 7.44. The monoisotopic (exact) mass is 287 g/mol. The lowest BCUT2D eigenvalue weighted by Crippen LogP contribution is -2.37. The molecule has 3 N–H and O–H groups in total. The number of rotatable bonds is 4. The summed E-state index contributed by atoms with van der Waals surface area (Å²) in [6, 6.07) is 11.5. The molecule has 0 aliphatic carbocycles. The number of ether oxygens (including phenoxy) is 1. The zero-order valence-electron chi connectivity index (χ0n) is 13.3. The second-order valence-corrected chi connectivity index (χ2v) is 6.47. The van der Waals surface area contributed by atoms with Crippen molar-refractivity contribution in [3.8, 4) is 5.75 Å². The summed E-state index contributed by atoms with van der Waals surface area (Å²) >= 11 is 0. The summed E-state index contributed by atoms with van der Waals surface area (Å²) in [5.41, 5.74) is 6.99.